The van der Waals surface area contributed by atoms with Gasteiger partial charge in [0.2, 0.25) is 5.91 Å². The number of nitrogens with one attached hydrogen (secondary N) is 1. The molecule has 0 bridgehead atoms. The van der Waals surface area contributed by atoms with Crippen molar-refractivity contribution in [2.45, 2.75) is 73.2 Å². The van der Waals surface area contributed by atoms with Gasteiger partial charge in [0.25, 0.3) is 0 Å². The molecule has 6 nitrogen and oxygen atoms in total. The Morgan fingerprint density at radius 1 is 1.09 bits per heavy atom. The molecule has 1 aromatic heterocycles. The lowest BCUT2D eigenvalue weighted by Gasteiger charge is -2.20. The SMILES string of the molecule is O=C(Nc1ccn(CC(F)(F)F)n1)C(C[C@H]1C[C@@H](F)[C@@H](F)C1)c1ccc(S(=O)(=O)C2CC2)cc1. The third kappa shape index (κ3) is 5.76. The van der Waals surface area contributed by atoms with Crippen molar-refractivity contribution in [2.75, 3.05) is 5.32 Å². The second-order valence-electron chi connectivity index (χ2n) is 8.97. The van der Waals surface area contributed by atoms with Crippen molar-refractivity contribution in [1.82, 2.24) is 9.78 Å². The van der Waals surface area contributed by atoms with Crippen LogP contribution in [0.25, 0.3) is 0 Å². The van der Waals surface area contributed by atoms with Gasteiger partial charge in [-0.3, -0.25) is 9.48 Å². The summed E-state index contributed by atoms with van der Waals surface area (Å²) >= 11 is 0. The molecule has 12 heteroatoms. The van der Waals surface area contributed by atoms with Crippen molar-refractivity contribution < 1.29 is 35.2 Å². The minimum Gasteiger partial charge on any atom is -0.309 e. The summed E-state index contributed by atoms with van der Waals surface area (Å²) in [6.07, 6.45) is -5.40. The van der Waals surface area contributed by atoms with Gasteiger partial charge in [-0.1, -0.05) is 12.1 Å². The zero-order valence-electron chi connectivity index (χ0n) is 18.0. The molecule has 1 N–H and O–H groups in total. The Balaban J connectivity index is 1.53. The van der Waals surface area contributed by atoms with E-state index in [1.54, 1.807) is 0 Å². The van der Waals surface area contributed by atoms with Crippen LogP contribution in [-0.2, 0) is 21.2 Å². The monoisotopic (exact) mass is 505 g/mol. The first kappa shape index (κ1) is 24.6. The maximum atomic E-state index is 13.7. The van der Waals surface area contributed by atoms with Gasteiger partial charge in [-0.25, -0.2) is 17.2 Å². The molecule has 4 atom stereocenters. The van der Waals surface area contributed by atoms with Gasteiger partial charge in [-0.05, 0) is 55.7 Å². The van der Waals surface area contributed by atoms with E-state index in [1.165, 1.54) is 30.3 Å². The molecular formula is C22H24F5N3O3S. The highest BCUT2D eigenvalue weighted by Gasteiger charge is 2.39. The summed E-state index contributed by atoms with van der Waals surface area (Å²) in [4.78, 5) is 13.2. The quantitative estimate of drug-likeness (QED) is 0.533. The number of halogens is 5. The first-order chi connectivity index (χ1) is 15.9. The number of carbonyl (C=O) groups excluding carboxylic acids is 1. The summed E-state index contributed by atoms with van der Waals surface area (Å²) in [5.74, 6) is -2.01. The smallest absolute Gasteiger partial charge is 0.309 e. The molecule has 2 saturated carbocycles. The molecule has 4 rings (SSSR count). The van der Waals surface area contributed by atoms with E-state index in [0.29, 0.717) is 23.1 Å². The number of aromatic nitrogens is 2. The van der Waals surface area contributed by atoms with Gasteiger partial charge in [-0.2, -0.15) is 18.3 Å². The molecule has 0 aliphatic heterocycles. The maximum Gasteiger partial charge on any atom is 0.408 e. The second-order valence-corrected chi connectivity index (χ2v) is 11.2. The first-order valence-corrected chi connectivity index (χ1v) is 12.5. The Kier molecular flexibility index (Phi) is 6.71. The molecule has 2 aliphatic rings. The van der Waals surface area contributed by atoms with Gasteiger partial charge >= 0.3 is 6.18 Å². The van der Waals surface area contributed by atoms with Crippen molar-refractivity contribution in [3.63, 3.8) is 0 Å². The van der Waals surface area contributed by atoms with Crippen molar-refractivity contribution in [3.05, 3.63) is 42.1 Å². The fourth-order valence-electron chi connectivity index (χ4n) is 4.32. The minimum atomic E-state index is -4.48. The van der Waals surface area contributed by atoms with Gasteiger partial charge in [0.05, 0.1) is 16.1 Å². The average molecular weight is 506 g/mol. The molecule has 0 spiro atoms. The molecule has 2 aliphatic carbocycles. The topological polar surface area (TPSA) is 81.1 Å². The van der Waals surface area contributed by atoms with Gasteiger partial charge in [0, 0.05) is 12.3 Å². The number of hydrogen-bond acceptors (Lipinski definition) is 4. The van der Waals surface area contributed by atoms with Crippen LogP contribution in [-0.4, -0.2) is 47.9 Å². The number of carbonyl (C=O) groups is 1. The highest BCUT2D eigenvalue weighted by molar-refractivity contribution is 7.92. The molecule has 1 heterocycles. The standard InChI is InChI=1S/C22H24F5N3O3S/c23-18-10-13(11-19(18)24)9-17(14-1-3-15(4-2-14)34(32,33)16-5-6-16)21(31)28-20-7-8-30(29-20)12-22(25,26)27/h1-4,7-8,13,16-19H,5-6,9-12H2,(H,28,29,31)/t13-,17?,18+,19-. The predicted octanol–water partition coefficient (Wildman–Crippen LogP) is 4.58. The summed E-state index contributed by atoms with van der Waals surface area (Å²) < 4.78 is 90.7. The molecule has 1 unspecified atom stereocenters. The third-order valence-corrected chi connectivity index (χ3v) is 8.48. The number of benzene rings is 1. The number of hydrogen-bond donors (Lipinski definition) is 1. The van der Waals surface area contributed by atoms with Gasteiger partial charge in [0.1, 0.15) is 18.9 Å². The Labute approximate surface area is 193 Å². The van der Waals surface area contributed by atoms with Crippen LogP contribution in [0.4, 0.5) is 27.8 Å². The molecule has 2 fully saturated rings. The van der Waals surface area contributed by atoms with Gasteiger partial charge in [0.15, 0.2) is 15.7 Å². The van der Waals surface area contributed by atoms with Crippen LogP contribution in [0.15, 0.2) is 41.4 Å². The van der Waals surface area contributed by atoms with E-state index in [9.17, 15) is 35.2 Å². The van der Waals surface area contributed by atoms with Crippen molar-refractivity contribution >= 4 is 21.6 Å². The zero-order chi connectivity index (χ0) is 24.7. The molecular weight excluding hydrogens is 481 g/mol. The second kappa shape index (κ2) is 9.27. The molecule has 0 saturated heterocycles. The van der Waals surface area contributed by atoms with E-state index in [0.717, 1.165) is 6.20 Å². The summed E-state index contributed by atoms with van der Waals surface area (Å²) in [6, 6.07) is 7.03. The molecule has 0 radical (unpaired) electrons. The average Bonchev–Trinajstić information content (AvgIpc) is 3.46. The first-order valence-electron chi connectivity index (χ1n) is 11.0. The van der Waals surface area contributed by atoms with Gasteiger partial charge in [-0.15, -0.1) is 0 Å². The fourth-order valence-corrected chi connectivity index (χ4v) is 5.98. The van der Waals surface area contributed by atoms with Crippen molar-refractivity contribution in [3.8, 4) is 0 Å². The number of amides is 1. The van der Waals surface area contributed by atoms with E-state index in [1.807, 2.05) is 0 Å². The number of anilines is 1. The highest BCUT2D eigenvalue weighted by Crippen LogP contribution is 2.39. The van der Waals surface area contributed by atoms with Crippen LogP contribution in [0.2, 0.25) is 0 Å². The normalized spacial score (nSPS) is 24.2. The van der Waals surface area contributed by atoms with Crippen molar-refractivity contribution in [2.24, 2.45) is 5.92 Å². The zero-order valence-corrected chi connectivity index (χ0v) is 18.8. The molecule has 2 aromatic rings. The van der Waals surface area contributed by atoms with Crippen LogP contribution >= 0.6 is 0 Å². The van der Waals surface area contributed by atoms with Crippen molar-refractivity contribution in [1.29, 1.82) is 0 Å². The Morgan fingerprint density at radius 3 is 2.26 bits per heavy atom. The van der Waals surface area contributed by atoms with Crippen LogP contribution in [0.3, 0.4) is 0 Å². The summed E-state index contributed by atoms with van der Waals surface area (Å²) in [6.45, 7) is -1.32. The summed E-state index contributed by atoms with van der Waals surface area (Å²) in [7, 11) is -3.43. The highest BCUT2D eigenvalue weighted by atomic mass is 32.2. The lowest BCUT2D eigenvalue weighted by atomic mass is 9.87. The lowest BCUT2D eigenvalue weighted by molar-refractivity contribution is -0.142. The Morgan fingerprint density at radius 2 is 1.71 bits per heavy atom. The number of nitrogens with zero attached hydrogens (tertiary/aromatic N) is 2. The molecule has 34 heavy (non-hydrogen) atoms. The Hall–Kier alpha value is -2.50. The Bertz CT molecular complexity index is 1120. The van der Waals surface area contributed by atoms with Crippen LogP contribution < -0.4 is 5.32 Å². The number of rotatable bonds is 8. The largest absolute Gasteiger partial charge is 0.408 e. The molecule has 1 aromatic carbocycles. The number of sulfone groups is 1. The van der Waals surface area contributed by atoms with Crippen LogP contribution in [0, 0.1) is 5.92 Å². The van der Waals surface area contributed by atoms with Crippen LogP contribution in [0.5, 0.6) is 0 Å². The predicted molar refractivity (Wildman–Crippen MR) is 113 cm³/mol. The molecule has 1 amide bonds. The molecule has 186 valence electrons. The van der Waals surface area contributed by atoms with E-state index < -0.39 is 57.9 Å². The van der Waals surface area contributed by atoms with E-state index in [-0.39, 0.29) is 30.0 Å². The summed E-state index contributed by atoms with van der Waals surface area (Å²) in [5, 5.41) is 5.78. The van der Waals surface area contributed by atoms with Crippen LogP contribution in [0.1, 0.15) is 43.6 Å². The minimum absolute atomic E-state index is 0.0424. The maximum absolute atomic E-state index is 13.7. The van der Waals surface area contributed by atoms with E-state index >= 15 is 0 Å². The van der Waals surface area contributed by atoms with E-state index in [2.05, 4.69) is 10.4 Å². The fraction of sp³-hybridized carbons (Fsp3) is 0.545. The lowest BCUT2D eigenvalue weighted by Crippen LogP contribution is -2.24. The summed E-state index contributed by atoms with van der Waals surface area (Å²) in [5.41, 5.74) is 0.444. The number of alkyl halides is 5. The third-order valence-electron chi connectivity index (χ3n) is 6.20. The van der Waals surface area contributed by atoms with E-state index in [4.69, 9.17) is 0 Å². The van der Waals surface area contributed by atoms with Gasteiger partial charge < -0.3 is 5.32 Å².